The highest BCUT2D eigenvalue weighted by Crippen LogP contribution is 2.62. The third-order valence-corrected chi connectivity index (χ3v) is 4.73. The number of carbonyl (C=O) groups is 1. The van der Waals surface area contributed by atoms with Crippen LogP contribution in [-0.4, -0.2) is 60.2 Å². The Bertz CT molecular complexity index is 948. The minimum Gasteiger partial charge on any atom is -0.465 e. The molecule has 0 aliphatic carbocycles. The van der Waals surface area contributed by atoms with Crippen LogP contribution in [0.25, 0.3) is 0 Å². The second kappa shape index (κ2) is 8.83. The lowest BCUT2D eigenvalue weighted by Crippen LogP contribution is -2.70. The minimum atomic E-state index is -8.33. The molecule has 0 aliphatic rings. The number of carbonyl (C=O) groups excluding carboxylic acids is 1. The Labute approximate surface area is 188 Å². The van der Waals surface area contributed by atoms with Crippen LogP contribution in [0.5, 0.6) is 0 Å². The Balaban J connectivity index is 3.66. The van der Waals surface area contributed by atoms with Gasteiger partial charge in [-0.3, -0.25) is 0 Å². The molecule has 36 heavy (non-hydrogen) atoms. The van der Waals surface area contributed by atoms with E-state index in [0.717, 1.165) is 7.11 Å². The predicted molar refractivity (Wildman–Crippen MR) is 83.1 cm³/mol. The highest BCUT2D eigenvalue weighted by atomic mass is 19.4. The average Bonchev–Trinajstić information content (AvgIpc) is 2.70. The van der Waals surface area contributed by atoms with E-state index < -0.39 is 71.1 Å². The molecule has 1 aromatic carbocycles. The molecule has 0 bridgehead atoms. The van der Waals surface area contributed by atoms with Crippen molar-refractivity contribution >= 4 is 5.97 Å². The number of hydrogen-bond donors (Lipinski definition) is 1. The summed E-state index contributed by atoms with van der Waals surface area (Å²) in [7, 11) is 0.767. The van der Waals surface area contributed by atoms with Crippen LogP contribution in [0.2, 0.25) is 0 Å². The molecule has 3 nitrogen and oxygen atoms in total. The fourth-order valence-electron chi connectivity index (χ4n) is 2.60. The average molecular weight is 566 g/mol. The standard InChI is InChI=1S/C17H10F16O3/c1-36-9(34)7-2-4-8(5-3-7)10(35,16(28,29)30)6-11(18,19)12(20,21)13(22,23)14(24,25)15(26,27)17(31,32)33/h2-5,35H,6H2,1H3. The molecular formula is C17H10F16O3. The molecule has 0 radical (unpaired) electrons. The Morgan fingerprint density at radius 2 is 1.06 bits per heavy atom. The molecule has 19 heteroatoms. The van der Waals surface area contributed by atoms with Gasteiger partial charge in [-0.25, -0.2) is 4.79 Å². The molecule has 0 saturated heterocycles. The lowest BCUT2D eigenvalue weighted by molar-refractivity contribution is -0.443. The summed E-state index contributed by atoms with van der Waals surface area (Å²) in [5.74, 6) is -41.2. The Morgan fingerprint density at radius 3 is 1.39 bits per heavy atom. The number of hydrogen-bond acceptors (Lipinski definition) is 3. The van der Waals surface area contributed by atoms with Crippen LogP contribution in [0.15, 0.2) is 24.3 Å². The maximum Gasteiger partial charge on any atom is 0.460 e. The molecule has 0 fully saturated rings. The number of ether oxygens (including phenoxy) is 1. The summed E-state index contributed by atoms with van der Waals surface area (Å²) in [6, 6.07) is 0.638. The largest absolute Gasteiger partial charge is 0.465 e. The molecule has 208 valence electrons. The Hall–Kier alpha value is -2.47. The van der Waals surface area contributed by atoms with Gasteiger partial charge in [0.2, 0.25) is 0 Å². The Morgan fingerprint density at radius 1 is 0.667 bits per heavy atom. The summed E-state index contributed by atoms with van der Waals surface area (Å²) in [4.78, 5) is 11.3. The molecule has 0 spiro atoms. The number of aliphatic hydroxyl groups is 1. The van der Waals surface area contributed by atoms with Crippen LogP contribution in [-0.2, 0) is 10.3 Å². The van der Waals surface area contributed by atoms with Crippen molar-refractivity contribution in [2.75, 3.05) is 7.11 Å². The molecule has 0 heterocycles. The van der Waals surface area contributed by atoms with Crippen molar-refractivity contribution in [2.24, 2.45) is 0 Å². The molecule has 1 rings (SSSR count). The SMILES string of the molecule is COC(=O)c1ccc(C(O)(CC(F)(F)C(F)(F)C(F)(F)C(F)(F)C(F)(F)C(F)(F)F)C(F)(F)F)cc1. The molecule has 0 amide bonds. The van der Waals surface area contributed by atoms with E-state index in [4.69, 9.17) is 0 Å². The summed E-state index contributed by atoms with van der Waals surface area (Å²) < 4.78 is 216. The van der Waals surface area contributed by atoms with Gasteiger partial charge in [0, 0.05) is 0 Å². The lowest BCUT2D eigenvalue weighted by Gasteiger charge is -2.42. The van der Waals surface area contributed by atoms with E-state index in [9.17, 15) is 80.1 Å². The first-order valence-corrected chi connectivity index (χ1v) is 8.59. The normalized spacial score (nSPS) is 16.5. The van der Waals surface area contributed by atoms with Gasteiger partial charge in [0.25, 0.3) is 0 Å². The topological polar surface area (TPSA) is 46.5 Å². The van der Waals surface area contributed by atoms with Gasteiger partial charge < -0.3 is 9.84 Å². The van der Waals surface area contributed by atoms with Gasteiger partial charge in [-0.2, -0.15) is 70.2 Å². The fourth-order valence-corrected chi connectivity index (χ4v) is 2.60. The number of benzene rings is 1. The van der Waals surface area contributed by atoms with Crippen LogP contribution < -0.4 is 0 Å². The van der Waals surface area contributed by atoms with Gasteiger partial charge in [0.05, 0.1) is 19.1 Å². The number of alkyl halides is 16. The third kappa shape index (κ3) is 4.65. The van der Waals surface area contributed by atoms with Crippen LogP contribution in [0, 0.1) is 0 Å². The smallest absolute Gasteiger partial charge is 0.460 e. The zero-order chi connectivity index (χ0) is 29.0. The van der Waals surface area contributed by atoms with Gasteiger partial charge in [0.1, 0.15) is 0 Å². The fraction of sp³-hybridized carbons (Fsp3) is 0.588. The zero-order valence-corrected chi connectivity index (χ0v) is 16.8. The van der Waals surface area contributed by atoms with Crippen molar-refractivity contribution in [3.8, 4) is 0 Å². The number of rotatable bonds is 8. The van der Waals surface area contributed by atoms with E-state index in [2.05, 4.69) is 4.74 Å². The summed E-state index contributed by atoms with van der Waals surface area (Å²) in [5.41, 5.74) is -7.80. The van der Waals surface area contributed by atoms with Crippen LogP contribution in [0.3, 0.4) is 0 Å². The first kappa shape index (κ1) is 31.6. The van der Waals surface area contributed by atoms with Crippen molar-refractivity contribution in [2.45, 2.75) is 54.0 Å². The number of halogens is 16. The molecule has 1 atom stereocenters. The van der Waals surface area contributed by atoms with Crippen LogP contribution >= 0.6 is 0 Å². The van der Waals surface area contributed by atoms with Gasteiger partial charge in [-0.05, 0) is 17.7 Å². The maximum absolute atomic E-state index is 14.1. The quantitative estimate of drug-likeness (QED) is 0.295. The van der Waals surface area contributed by atoms with Gasteiger partial charge in [0.15, 0.2) is 5.60 Å². The van der Waals surface area contributed by atoms with E-state index in [0.29, 0.717) is 12.1 Å². The van der Waals surface area contributed by atoms with Crippen molar-refractivity contribution < 1.29 is 84.9 Å². The molecular weight excluding hydrogens is 556 g/mol. The molecule has 1 unspecified atom stereocenters. The zero-order valence-electron chi connectivity index (χ0n) is 16.8. The van der Waals surface area contributed by atoms with Gasteiger partial charge >= 0.3 is 47.9 Å². The lowest BCUT2D eigenvalue weighted by atomic mass is 9.82. The summed E-state index contributed by atoms with van der Waals surface area (Å²) in [5, 5.41) is 9.75. The summed E-state index contributed by atoms with van der Waals surface area (Å²) >= 11 is 0. The number of esters is 1. The van der Waals surface area contributed by atoms with E-state index in [-0.39, 0.29) is 12.1 Å². The second-order valence-electron chi connectivity index (χ2n) is 7.10. The van der Waals surface area contributed by atoms with E-state index in [1.54, 1.807) is 0 Å². The maximum atomic E-state index is 14.1. The van der Waals surface area contributed by atoms with E-state index in [1.807, 2.05) is 0 Å². The molecule has 0 aromatic heterocycles. The van der Waals surface area contributed by atoms with Crippen molar-refractivity contribution in [1.82, 2.24) is 0 Å². The predicted octanol–water partition coefficient (Wildman–Crippen LogP) is 6.35. The van der Waals surface area contributed by atoms with Gasteiger partial charge in [-0.1, -0.05) is 12.1 Å². The minimum absolute atomic E-state index is 0.0154. The molecule has 0 saturated carbocycles. The first-order valence-electron chi connectivity index (χ1n) is 8.59. The Kier molecular flexibility index (Phi) is 7.74. The molecule has 0 aliphatic heterocycles. The van der Waals surface area contributed by atoms with Crippen molar-refractivity contribution in [1.29, 1.82) is 0 Å². The third-order valence-electron chi connectivity index (χ3n) is 4.73. The number of methoxy groups -OCH3 is 1. The monoisotopic (exact) mass is 566 g/mol. The molecule has 1 N–H and O–H groups in total. The van der Waals surface area contributed by atoms with Gasteiger partial charge in [-0.15, -0.1) is 0 Å². The van der Waals surface area contributed by atoms with Crippen LogP contribution in [0.4, 0.5) is 70.2 Å². The highest BCUT2D eigenvalue weighted by Gasteiger charge is 2.91. The molecule has 1 aromatic rings. The van der Waals surface area contributed by atoms with Crippen molar-refractivity contribution in [3.63, 3.8) is 0 Å². The van der Waals surface area contributed by atoms with E-state index in [1.165, 1.54) is 0 Å². The highest BCUT2D eigenvalue weighted by molar-refractivity contribution is 5.89. The van der Waals surface area contributed by atoms with E-state index >= 15 is 0 Å². The van der Waals surface area contributed by atoms with Crippen LogP contribution in [0.1, 0.15) is 22.3 Å². The first-order chi connectivity index (χ1) is 15.7. The summed E-state index contributed by atoms with van der Waals surface area (Å²) in [6.07, 6.45) is -18.1. The summed E-state index contributed by atoms with van der Waals surface area (Å²) in [6.45, 7) is 0. The second-order valence-corrected chi connectivity index (χ2v) is 7.10. The van der Waals surface area contributed by atoms with Crippen molar-refractivity contribution in [3.05, 3.63) is 35.4 Å².